The van der Waals surface area contributed by atoms with Gasteiger partial charge in [0.15, 0.2) is 0 Å². The van der Waals surface area contributed by atoms with Gasteiger partial charge in [0.2, 0.25) is 5.91 Å². The number of amides is 1. The lowest BCUT2D eigenvalue weighted by Gasteiger charge is -2.58. The highest BCUT2D eigenvalue weighted by Gasteiger charge is 2.58. The molecule has 0 spiro atoms. The first-order valence-electron chi connectivity index (χ1n) is 12.8. The number of carbonyl (C=O) groups excluding carboxylic acids is 1. The molecule has 32 heavy (non-hydrogen) atoms. The largest absolute Gasteiger partial charge is 0.393 e. The highest BCUT2D eigenvalue weighted by Crippen LogP contribution is 2.64. The van der Waals surface area contributed by atoms with Gasteiger partial charge in [-0.05, 0) is 91.9 Å². The number of aliphatic hydroxyl groups is 1. The molecule has 4 N–H and O–H groups in total. The van der Waals surface area contributed by atoms with E-state index in [1.807, 2.05) is 30.3 Å². The molecule has 1 amide bonds. The lowest BCUT2D eigenvalue weighted by atomic mass is 9.48. The van der Waals surface area contributed by atoms with Crippen molar-refractivity contribution in [2.24, 2.45) is 34.3 Å². The third kappa shape index (κ3) is 3.64. The molecule has 0 aromatic heterocycles. The maximum Gasteiger partial charge on any atom is 0.237 e. The first-order chi connectivity index (χ1) is 15.3. The van der Waals surface area contributed by atoms with Crippen LogP contribution in [0, 0.1) is 28.6 Å². The molecule has 1 aromatic carbocycles. The van der Waals surface area contributed by atoms with Gasteiger partial charge in [-0.1, -0.05) is 55.8 Å². The minimum Gasteiger partial charge on any atom is -0.393 e. The molecule has 3 unspecified atom stereocenters. The van der Waals surface area contributed by atoms with Gasteiger partial charge in [0.25, 0.3) is 0 Å². The number of rotatable bonds is 4. The van der Waals surface area contributed by atoms with E-state index in [0.717, 1.165) is 43.6 Å². The summed E-state index contributed by atoms with van der Waals surface area (Å²) < 4.78 is 0. The van der Waals surface area contributed by atoms with Gasteiger partial charge in [0.1, 0.15) is 0 Å². The van der Waals surface area contributed by atoms with E-state index in [1.54, 1.807) is 0 Å². The van der Waals surface area contributed by atoms with Gasteiger partial charge < -0.3 is 16.2 Å². The molecule has 174 valence electrons. The number of hydrogen-bond acceptors (Lipinski definition) is 3. The maximum atomic E-state index is 13.0. The first kappa shape index (κ1) is 22.2. The van der Waals surface area contributed by atoms with E-state index in [4.69, 9.17) is 5.73 Å². The molecule has 8 atom stereocenters. The van der Waals surface area contributed by atoms with E-state index >= 15 is 0 Å². The molecular weight excluding hydrogens is 396 g/mol. The predicted molar refractivity (Wildman–Crippen MR) is 128 cm³/mol. The summed E-state index contributed by atoms with van der Waals surface area (Å²) in [5.41, 5.74) is 9.38. The van der Waals surface area contributed by atoms with Crippen molar-refractivity contribution in [2.75, 3.05) is 0 Å². The van der Waals surface area contributed by atoms with Crippen LogP contribution in [-0.4, -0.2) is 29.2 Å². The lowest BCUT2D eigenvalue weighted by molar-refractivity contribution is -0.124. The van der Waals surface area contributed by atoms with Crippen molar-refractivity contribution in [1.29, 1.82) is 0 Å². The Hall–Kier alpha value is -1.65. The van der Waals surface area contributed by atoms with Gasteiger partial charge in [-0.15, -0.1) is 0 Å². The van der Waals surface area contributed by atoms with Crippen LogP contribution in [0.15, 0.2) is 42.0 Å². The van der Waals surface area contributed by atoms with Crippen LogP contribution in [0.5, 0.6) is 0 Å². The quantitative estimate of drug-likeness (QED) is 0.614. The second kappa shape index (κ2) is 8.29. The van der Waals surface area contributed by atoms with Crippen LogP contribution in [-0.2, 0) is 11.2 Å². The van der Waals surface area contributed by atoms with Crippen molar-refractivity contribution in [3.8, 4) is 0 Å². The topological polar surface area (TPSA) is 75.3 Å². The number of aliphatic hydroxyl groups excluding tert-OH is 1. The summed E-state index contributed by atoms with van der Waals surface area (Å²) >= 11 is 0. The molecule has 3 saturated carbocycles. The van der Waals surface area contributed by atoms with Gasteiger partial charge in [-0.25, -0.2) is 0 Å². The molecule has 1 aromatic rings. The smallest absolute Gasteiger partial charge is 0.237 e. The second-order valence-corrected chi connectivity index (χ2v) is 11.6. The molecule has 0 radical (unpaired) electrons. The highest BCUT2D eigenvalue weighted by molar-refractivity contribution is 5.82. The van der Waals surface area contributed by atoms with Crippen LogP contribution in [0.1, 0.15) is 70.8 Å². The first-order valence-corrected chi connectivity index (χ1v) is 12.8. The number of nitrogens with one attached hydrogen (secondary N) is 1. The number of nitrogens with two attached hydrogens (primary N) is 1. The number of benzene rings is 1. The zero-order chi connectivity index (χ0) is 22.5. The molecule has 4 nitrogen and oxygen atoms in total. The van der Waals surface area contributed by atoms with Gasteiger partial charge in [-0.2, -0.15) is 0 Å². The van der Waals surface area contributed by atoms with Gasteiger partial charge in [-0.3, -0.25) is 4.79 Å². The van der Waals surface area contributed by atoms with E-state index in [9.17, 15) is 9.90 Å². The van der Waals surface area contributed by atoms with E-state index in [-0.39, 0.29) is 28.9 Å². The van der Waals surface area contributed by atoms with Crippen molar-refractivity contribution < 1.29 is 9.90 Å². The fourth-order valence-corrected chi connectivity index (χ4v) is 8.12. The van der Waals surface area contributed by atoms with Crippen LogP contribution < -0.4 is 11.1 Å². The summed E-state index contributed by atoms with van der Waals surface area (Å²) in [5, 5.41) is 13.6. The van der Waals surface area contributed by atoms with Crippen molar-refractivity contribution in [3.63, 3.8) is 0 Å². The summed E-state index contributed by atoms with van der Waals surface area (Å²) in [4.78, 5) is 13.0. The molecule has 4 heteroatoms. The van der Waals surface area contributed by atoms with Crippen LogP contribution >= 0.6 is 0 Å². The third-order valence-electron chi connectivity index (χ3n) is 10.0. The van der Waals surface area contributed by atoms with Crippen molar-refractivity contribution in [2.45, 2.75) is 89.8 Å². The highest BCUT2D eigenvalue weighted by atomic mass is 16.3. The molecule has 3 fully saturated rings. The number of hydrogen-bond donors (Lipinski definition) is 3. The summed E-state index contributed by atoms with van der Waals surface area (Å²) in [5.74, 6) is 2.10. The molecular formula is C28H40N2O2. The van der Waals surface area contributed by atoms with E-state index in [2.05, 4.69) is 25.2 Å². The fraction of sp³-hybridized carbons (Fsp3) is 0.679. The summed E-state index contributed by atoms with van der Waals surface area (Å²) in [7, 11) is 0. The normalized spacial score (nSPS) is 41.6. The Bertz CT molecular complexity index is 883. The molecule has 0 saturated heterocycles. The van der Waals surface area contributed by atoms with Crippen molar-refractivity contribution in [1.82, 2.24) is 5.32 Å². The zero-order valence-corrected chi connectivity index (χ0v) is 19.7. The zero-order valence-electron chi connectivity index (χ0n) is 19.7. The number of allylic oxidation sites excluding steroid dienone is 1. The number of fused-ring (bicyclic) bond motifs is 5. The Labute approximate surface area is 193 Å². The molecule has 4 aliphatic rings. The molecule has 0 bridgehead atoms. The fourth-order valence-electron chi connectivity index (χ4n) is 8.12. The van der Waals surface area contributed by atoms with Crippen LogP contribution in [0.4, 0.5) is 0 Å². The molecule has 4 aliphatic carbocycles. The molecule has 5 rings (SSSR count). The minimum atomic E-state index is -0.496. The minimum absolute atomic E-state index is 0.00177. The average Bonchev–Trinajstić information content (AvgIpc) is 3.11. The SMILES string of the molecule is C[C@]12CC[C@H](O)CC1=CCC1C2CC[C@@]2(C)C1CC[C@@H]2NC(=O)[C@@H](N)Cc1ccccc1. The second-order valence-electron chi connectivity index (χ2n) is 11.6. The van der Waals surface area contributed by atoms with Crippen LogP contribution in [0.25, 0.3) is 0 Å². The Balaban J connectivity index is 1.28. The Kier molecular flexibility index (Phi) is 5.74. The van der Waals surface area contributed by atoms with E-state index in [0.29, 0.717) is 18.3 Å². The lowest BCUT2D eigenvalue weighted by Crippen LogP contribution is -2.55. The average molecular weight is 437 g/mol. The van der Waals surface area contributed by atoms with E-state index < -0.39 is 6.04 Å². The van der Waals surface area contributed by atoms with Crippen LogP contribution in [0.2, 0.25) is 0 Å². The van der Waals surface area contributed by atoms with Crippen molar-refractivity contribution in [3.05, 3.63) is 47.5 Å². The Morgan fingerprint density at radius 2 is 1.91 bits per heavy atom. The molecule has 0 aliphatic heterocycles. The summed E-state index contributed by atoms with van der Waals surface area (Å²) in [6.45, 7) is 4.90. The summed E-state index contributed by atoms with van der Waals surface area (Å²) in [6, 6.07) is 9.80. The van der Waals surface area contributed by atoms with Gasteiger partial charge in [0, 0.05) is 6.04 Å². The van der Waals surface area contributed by atoms with Gasteiger partial charge >= 0.3 is 0 Å². The number of carbonyl (C=O) groups is 1. The van der Waals surface area contributed by atoms with Gasteiger partial charge in [0.05, 0.1) is 12.1 Å². The van der Waals surface area contributed by atoms with Crippen molar-refractivity contribution >= 4 is 5.91 Å². The van der Waals surface area contributed by atoms with E-state index in [1.165, 1.54) is 24.8 Å². The third-order valence-corrected chi connectivity index (χ3v) is 10.0. The standard InChI is InChI=1S/C28H40N2O2/c1-27-14-12-20(31)17-19(27)8-9-21-22-10-11-25(28(22,2)15-13-23(21)27)30-26(32)24(29)16-18-6-4-3-5-7-18/h3-8,20-25,31H,9-17,29H2,1-2H3,(H,30,32)/t20-,21?,22?,23?,24-,25-,27-,28-/m0/s1. The Morgan fingerprint density at radius 3 is 2.69 bits per heavy atom. The monoisotopic (exact) mass is 436 g/mol. The van der Waals surface area contributed by atoms with Crippen LogP contribution in [0.3, 0.4) is 0 Å². The predicted octanol–water partition coefficient (Wildman–Crippen LogP) is 4.36. The maximum absolute atomic E-state index is 13.0. The summed E-state index contributed by atoms with van der Waals surface area (Å²) in [6.07, 6.45) is 11.7. The molecule has 0 heterocycles. The Morgan fingerprint density at radius 1 is 1.12 bits per heavy atom.